The first-order valence-corrected chi connectivity index (χ1v) is 36.0. The molecular formula is C96H67N7. The van der Waals surface area contributed by atoms with E-state index in [2.05, 4.69) is 376 Å². The van der Waals surface area contributed by atoms with Crippen LogP contribution in [0.5, 0.6) is 0 Å². The molecule has 486 valence electrons. The molecule has 103 heavy (non-hydrogen) atoms. The number of fused-ring (bicyclic) bond motifs is 15. The van der Waals surface area contributed by atoms with Gasteiger partial charge in [-0.3, -0.25) is 4.57 Å². The van der Waals surface area contributed by atoms with Gasteiger partial charge in [0.15, 0.2) is 0 Å². The van der Waals surface area contributed by atoms with Gasteiger partial charge in [0.1, 0.15) is 0 Å². The molecule has 0 spiro atoms. The summed E-state index contributed by atoms with van der Waals surface area (Å²) in [5.41, 5.74) is 25.7. The molecule has 3 unspecified atom stereocenters. The van der Waals surface area contributed by atoms with E-state index in [0.717, 1.165) is 90.0 Å². The summed E-state index contributed by atoms with van der Waals surface area (Å²) in [5, 5.41) is 12.2. The molecule has 0 saturated heterocycles. The average Bonchev–Trinajstić information content (AvgIpc) is 1.60. The van der Waals surface area contributed by atoms with Crippen molar-refractivity contribution in [3.8, 4) is 78.9 Å². The Hall–Kier alpha value is -13.1. The molecule has 7 nitrogen and oxygen atoms in total. The smallest absolute Gasteiger partial charge is 0.235 e. The van der Waals surface area contributed by atoms with Crippen LogP contribution in [-0.2, 0) is 0 Å². The van der Waals surface area contributed by atoms with Gasteiger partial charge < -0.3 is 18.3 Å². The van der Waals surface area contributed by atoms with Crippen molar-refractivity contribution in [2.45, 2.75) is 26.3 Å². The van der Waals surface area contributed by atoms with Gasteiger partial charge in [0.05, 0.1) is 55.5 Å². The fourth-order valence-electron chi connectivity index (χ4n) is 17.3. The maximum Gasteiger partial charge on any atom is 0.235 e. The lowest BCUT2D eigenvalue weighted by Crippen LogP contribution is -2.21. The summed E-state index contributed by atoms with van der Waals surface area (Å²) in [6.45, 7) is 4.73. The Morgan fingerprint density at radius 3 is 1.06 bits per heavy atom. The van der Waals surface area contributed by atoms with Crippen molar-refractivity contribution >= 4 is 109 Å². The SMILES string of the molecule is CC1C=CC(C)C(n2c3ccccc3c3cc(-c4ccc5c(c4)c4cc(-c6ccc7c(c6)c6ccccc6n7-c6ccccc6)ccc4n5-c4ccc(-c5cc(-c6ccccc6)nc(-n6c7ccccc7c7ccc(-c8ccc9c(c8)c8ccccc8n9-c8ccccc8)cc76)n5)cc4)ccc32)C1. The van der Waals surface area contributed by atoms with E-state index in [4.69, 9.17) is 9.97 Å². The molecule has 0 aliphatic heterocycles. The van der Waals surface area contributed by atoms with Crippen molar-refractivity contribution in [3.63, 3.8) is 0 Å². The van der Waals surface area contributed by atoms with Gasteiger partial charge in [-0.15, -0.1) is 0 Å². The first-order chi connectivity index (χ1) is 50.9. The molecule has 6 heterocycles. The number of benzene rings is 14. The van der Waals surface area contributed by atoms with E-state index in [1.165, 1.54) is 98.4 Å². The minimum Gasteiger partial charge on any atom is -0.337 e. The van der Waals surface area contributed by atoms with Crippen LogP contribution >= 0.6 is 0 Å². The van der Waals surface area contributed by atoms with Crippen LogP contribution in [0.2, 0.25) is 0 Å². The Balaban J connectivity index is 0.707. The summed E-state index contributed by atoms with van der Waals surface area (Å²) in [4.78, 5) is 11.1. The number of para-hydroxylation sites is 6. The number of nitrogens with zero attached hydrogens (tertiary/aromatic N) is 7. The maximum atomic E-state index is 5.61. The molecule has 0 bridgehead atoms. The predicted octanol–water partition coefficient (Wildman–Crippen LogP) is 25.1. The summed E-state index contributed by atoms with van der Waals surface area (Å²) < 4.78 is 12.1. The Labute approximate surface area is 595 Å². The molecule has 7 heteroatoms. The Bertz CT molecular complexity index is 6860. The summed E-state index contributed by atoms with van der Waals surface area (Å²) in [5.74, 6) is 1.57. The Morgan fingerprint density at radius 1 is 0.243 bits per heavy atom. The molecule has 0 radical (unpaired) electrons. The van der Waals surface area contributed by atoms with Crippen LogP contribution in [0.15, 0.2) is 340 Å². The van der Waals surface area contributed by atoms with Crippen molar-refractivity contribution in [1.82, 2.24) is 32.8 Å². The topological polar surface area (TPSA) is 50.4 Å². The highest BCUT2D eigenvalue weighted by molar-refractivity contribution is 6.16. The van der Waals surface area contributed by atoms with Gasteiger partial charge >= 0.3 is 0 Å². The molecule has 0 N–H and O–H groups in total. The van der Waals surface area contributed by atoms with Gasteiger partial charge in [-0.25, -0.2) is 9.97 Å². The molecule has 0 fully saturated rings. The second kappa shape index (κ2) is 23.2. The van der Waals surface area contributed by atoms with E-state index in [-0.39, 0.29) is 0 Å². The van der Waals surface area contributed by atoms with Crippen molar-refractivity contribution in [1.29, 1.82) is 0 Å². The third-order valence-electron chi connectivity index (χ3n) is 22.2. The highest BCUT2D eigenvalue weighted by Crippen LogP contribution is 2.45. The lowest BCUT2D eigenvalue weighted by atomic mass is 9.85. The minimum absolute atomic E-state index is 0.378. The van der Waals surface area contributed by atoms with Crippen LogP contribution in [0.1, 0.15) is 26.3 Å². The molecule has 0 amide bonds. The summed E-state index contributed by atoms with van der Waals surface area (Å²) in [7, 11) is 0. The van der Waals surface area contributed by atoms with Crippen LogP contribution in [0.25, 0.3) is 188 Å². The zero-order valence-corrected chi connectivity index (χ0v) is 56.9. The van der Waals surface area contributed by atoms with Gasteiger partial charge in [-0.2, -0.15) is 0 Å². The standard InChI is InChI=1S/C96H67N7/c1-60-34-35-61(2)94(52-60)102-87-32-18-15-29-76(87)80-54-65(43-51-93(80)102)67-41-50-92-82(57-67)81-56-66(64-39-47-89-78(53-64)74-27-13-16-30-85(74)99(89)70-22-8-4-9-23-70)40-49-91(81)101(92)72-44-36-63(37-45-72)84-59-83(62-20-6-3-7-21-62)97-96(98-84)103-88-33-19-12-26-73(88)77-46-38-69(58-95(77)103)68-42-48-90-79(55-68)75-28-14-17-31-86(75)100(90)71-24-10-5-11-25-71/h3-51,53-61,94H,52H2,1-2H3. The fourth-order valence-corrected chi connectivity index (χ4v) is 17.3. The first kappa shape index (κ1) is 58.8. The maximum absolute atomic E-state index is 5.61. The van der Waals surface area contributed by atoms with Crippen LogP contribution in [0.4, 0.5) is 0 Å². The van der Waals surface area contributed by atoms with Gasteiger partial charge in [0.25, 0.3) is 0 Å². The molecule has 6 aromatic heterocycles. The second-order valence-corrected chi connectivity index (χ2v) is 28.2. The second-order valence-electron chi connectivity index (χ2n) is 28.2. The largest absolute Gasteiger partial charge is 0.337 e. The summed E-state index contributed by atoms with van der Waals surface area (Å²) in [6, 6.07) is 121. The molecule has 0 saturated carbocycles. The molecule has 21 rings (SSSR count). The Morgan fingerprint density at radius 2 is 0.563 bits per heavy atom. The van der Waals surface area contributed by atoms with Crippen molar-refractivity contribution in [2.75, 3.05) is 0 Å². The van der Waals surface area contributed by atoms with Gasteiger partial charge in [-0.05, 0) is 185 Å². The van der Waals surface area contributed by atoms with Crippen molar-refractivity contribution in [2.24, 2.45) is 11.8 Å². The van der Waals surface area contributed by atoms with E-state index >= 15 is 0 Å². The first-order valence-electron chi connectivity index (χ1n) is 36.0. The number of hydrogen-bond donors (Lipinski definition) is 0. The molecule has 20 aromatic rings. The lowest BCUT2D eigenvalue weighted by molar-refractivity contribution is 0.346. The van der Waals surface area contributed by atoms with E-state index in [9.17, 15) is 0 Å². The zero-order chi connectivity index (χ0) is 68.0. The number of rotatable bonds is 10. The predicted molar refractivity (Wildman–Crippen MR) is 431 cm³/mol. The van der Waals surface area contributed by atoms with Gasteiger partial charge in [0, 0.05) is 99.1 Å². The van der Waals surface area contributed by atoms with Crippen LogP contribution in [0.3, 0.4) is 0 Å². The highest BCUT2D eigenvalue weighted by atomic mass is 15.2. The number of aromatic nitrogens is 7. The normalized spacial score (nSPS) is 14.9. The van der Waals surface area contributed by atoms with E-state index in [1.54, 1.807) is 0 Å². The molecular weight excluding hydrogens is 1250 g/mol. The fraction of sp³-hybridized carbons (Fsp3) is 0.0625. The monoisotopic (exact) mass is 1320 g/mol. The van der Waals surface area contributed by atoms with Crippen molar-refractivity contribution < 1.29 is 0 Å². The zero-order valence-electron chi connectivity index (χ0n) is 56.9. The lowest BCUT2D eigenvalue weighted by Gasteiger charge is -2.31. The third-order valence-corrected chi connectivity index (χ3v) is 22.2. The highest BCUT2D eigenvalue weighted by Gasteiger charge is 2.28. The average molecular weight is 1320 g/mol. The minimum atomic E-state index is 0.378. The summed E-state index contributed by atoms with van der Waals surface area (Å²) in [6.07, 6.45) is 5.94. The van der Waals surface area contributed by atoms with Crippen LogP contribution < -0.4 is 0 Å². The van der Waals surface area contributed by atoms with Crippen molar-refractivity contribution in [3.05, 3.63) is 340 Å². The molecule has 1 aliphatic carbocycles. The number of allylic oxidation sites excluding steroid dienone is 2. The third kappa shape index (κ3) is 9.35. The van der Waals surface area contributed by atoms with Gasteiger partial charge in [0.2, 0.25) is 5.95 Å². The van der Waals surface area contributed by atoms with Gasteiger partial charge in [-0.1, -0.05) is 220 Å². The van der Waals surface area contributed by atoms with Crippen LogP contribution in [-0.4, -0.2) is 32.8 Å². The Kier molecular flexibility index (Phi) is 13.3. The van der Waals surface area contributed by atoms with Crippen LogP contribution in [0, 0.1) is 11.8 Å². The molecule has 14 aromatic carbocycles. The van der Waals surface area contributed by atoms with E-state index < -0.39 is 0 Å². The summed E-state index contributed by atoms with van der Waals surface area (Å²) >= 11 is 0. The quantitative estimate of drug-likeness (QED) is 0.128. The molecule has 1 aliphatic rings. The van der Waals surface area contributed by atoms with E-state index in [1.807, 2.05) is 0 Å². The molecule has 3 atom stereocenters. The number of hydrogen-bond acceptors (Lipinski definition) is 2. The van der Waals surface area contributed by atoms with E-state index in [0.29, 0.717) is 23.8 Å².